The first kappa shape index (κ1) is 78.0. The van der Waals surface area contributed by atoms with Crippen LogP contribution in [0.25, 0.3) is 0 Å². The second-order valence-corrected chi connectivity index (χ2v) is 24.5. The molecule has 81 heavy (non-hydrogen) atoms. The van der Waals surface area contributed by atoms with Crippen LogP contribution in [-0.4, -0.2) is 82.3 Å². The lowest BCUT2D eigenvalue weighted by Crippen LogP contribution is -2.44. The van der Waals surface area contributed by atoms with Crippen molar-refractivity contribution in [2.75, 3.05) is 47.5 Å². The zero-order valence-electron chi connectivity index (χ0n) is 53.9. The molecule has 0 aliphatic heterocycles. The molecule has 0 saturated heterocycles. The molecule has 9 nitrogen and oxygen atoms in total. The van der Waals surface area contributed by atoms with Crippen LogP contribution >= 0.6 is 0 Å². The van der Waals surface area contributed by atoms with Crippen molar-refractivity contribution in [3.8, 4) is 0 Å². The summed E-state index contributed by atoms with van der Waals surface area (Å²) in [6, 6.07) is 0. The Bertz CT molecular complexity index is 1510. The van der Waals surface area contributed by atoms with Crippen LogP contribution < -0.4 is 5.11 Å². The third kappa shape index (κ3) is 64.4. The summed E-state index contributed by atoms with van der Waals surface area (Å²) in [6.07, 6.45) is 78.8. The zero-order chi connectivity index (χ0) is 59.1. The maximum absolute atomic E-state index is 12.9. The van der Waals surface area contributed by atoms with E-state index in [-0.39, 0.29) is 32.2 Å². The Balaban J connectivity index is 4.05. The zero-order valence-corrected chi connectivity index (χ0v) is 53.9. The summed E-state index contributed by atoms with van der Waals surface area (Å²) in [6.45, 7) is 4.75. The standard InChI is InChI=1S/C72H131NO8/c1-6-8-10-12-14-16-18-20-22-24-26-28-29-30-31-32-33-34-35-36-37-38-39-40-41-43-44-46-48-50-52-54-56-58-60-62-69(74)79-66-68(67-80-72(71(76)77)78-65-64-73(3,4)5)81-70(75)63-61-59-57-55-53-51-49-47-45-42-27-25-23-21-19-17-15-13-11-9-7-2/h18-21,24-27,45,47,68,72H,6-17,22-23,28-44,46,48-67H2,1-5H3/b20-18-,21-19-,26-24-,27-25-,47-45-. The van der Waals surface area contributed by atoms with E-state index in [9.17, 15) is 19.5 Å². The van der Waals surface area contributed by atoms with Gasteiger partial charge in [0.15, 0.2) is 12.4 Å². The van der Waals surface area contributed by atoms with Crippen LogP contribution in [0, 0.1) is 0 Å². The second-order valence-electron chi connectivity index (χ2n) is 24.5. The number of rotatable bonds is 64. The van der Waals surface area contributed by atoms with Gasteiger partial charge >= 0.3 is 11.9 Å². The molecule has 0 saturated carbocycles. The number of hydrogen-bond donors (Lipinski definition) is 0. The molecule has 0 spiro atoms. The summed E-state index contributed by atoms with van der Waals surface area (Å²) < 4.78 is 22.8. The molecule has 0 N–H and O–H groups in total. The lowest BCUT2D eigenvalue weighted by atomic mass is 10.0. The number of allylic oxidation sites excluding steroid dienone is 10. The summed E-state index contributed by atoms with van der Waals surface area (Å²) in [7, 11) is 5.93. The molecule has 2 unspecified atom stereocenters. The fourth-order valence-electron chi connectivity index (χ4n) is 9.93. The molecule has 0 amide bonds. The van der Waals surface area contributed by atoms with Gasteiger partial charge in [0.1, 0.15) is 13.2 Å². The third-order valence-corrected chi connectivity index (χ3v) is 15.2. The topological polar surface area (TPSA) is 111 Å². The van der Waals surface area contributed by atoms with Gasteiger partial charge in [-0.05, 0) is 83.5 Å². The van der Waals surface area contributed by atoms with Crippen molar-refractivity contribution < 1.29 is 42.9 Å². The van der Waals surface area contributed by atoms with E-state index in [1.54, 1.807) is 0 Å². The molecule has 0 heterocycles. The fraction of sp³-hybridized carbons (Fsp3) is 0.819. The van der Waals surface area contributed by atoms with E-state index >= 15 is 0 Å². The average Bonchev–Trinajstić information content (AvgIpc) is 3.44. The molecule has 0 bridgehead atoms. The van der Waals surface area contributed by atoms with Gasteiger partial charge in [0.2, 0.25) is 0 Å². The number of carbonyl (C=O) groups is 3. The Kier molecular flexibility index (Phi) is 60.7. The van der Waals surface area contributed by atoms with Crippen molar-refractivity contribution in [2.45, 2.75) is 334 Å². The highest BCUT2D eigenvalue weighted by Crippen LogP contribution is 2.18. The Morgan fingerprint density at radius 2 is 0.667 bits per heavy atom. The van der Waals surface area contributed by atoms with E-state index in [4.69, 9.17) is 18.9 Å². The number of carbonyl (C=O) groups excluding carboxylic acids is 3. The van der Waals surface area contributed by atoms with Crippen LogP contribution in [0.5, 0.6) is 0 Å². The number of carboxylic acids is 1. The highest BCUT2D eigenvalue weighted by Gasteiger charge is 2.22. The van der Waals surface area contributed by atoms with Crippen molar-refractivity contribution >= 4 is 17.9 Å². The number of carboxylic acid groups (broad SMARTS) is 1. The van der Waals surface area contributed by atoms with Crippen molar-refractivity contribution in [1.82, 2.24) is 0 Å². The molecule has 0 aromatic carbocycles. The van der Waals surface area contributed by atoms with Crippen LogP contribution in [-0.2, 0) is 33.3 Å². The minimum absolute atomic E-state index is 0.145. The van der Waals surface area contributed by atoms with Gasteiger partial charge in [-0.15, -0.1) is 0 Å². The van der Waals surface area contributed by atoms with Crippen LogP contribution in [0.2, 0.25) is 0 Å². The Hall–Kier alpha value is -3.01. The minimum atomic E-state index is -1.63. The summed E-state index contributed by atoms with van der Waals surface area (Å²) >= 11 is 0. The predicted octanol–water partition coefficient (Wildman–Crippen LogP) is 19.8. The highest BCUT2D eigenvalue weighted by atomic mass is 16.7. The van der Waals surface area contributed by atoms with Crippen LogP contribution in [0.4, 0.5) is 0 Å². The maximum Gasteiger partial charge on any atom is 0.306 e. The molecule has 0 aliphatic rings. The molecule has 0 aliphatic carbocycles. The Labute approximate surface area is 501 Å². The third-order valence-electron chi connectivity index (χ3n) is 15.2. The lowest BCUT2D eigenvalue weighted by molar-refractivity contribution is -0.870. The Morgan fingerprint density at radius 3 is 0.988 bits per heavy atom. The van der Waals surface area contributed by atoms with E-state index in [0.717, 1.165) is 77.0 Å². The number of nitrogens with zero attached hydrogens (tertiary/aromatic N) is 1. The fourth-order valence-corrected chi connectivity index (χ4v) is 9.93. The predicted molar refractivity (Wildman–Crippen MR) is 343 cm³/mol. The summed E-state index contributed by atoms with van der Waals surface area (Å²) in [4.78, 5) is 37.4. The van der Waals surface area contributed by atoms with Gasteiger partial charge in [0, 0.05) is 12.8 Å². The molecule has 472 valence electrons. The van der Waals surface area contributed by atoms with E-state index in [1.807, 2.05) is 21.1 Å². The van der Waals surface area contributed by atoms with Crippen molar-refractivity contribution in [3.05, 3.63) is 60.8 Å². The molecule has 2 atom stereocenters. The quantitative estimate of drug-likeness (QED) is 0.0195. The van der Waals surface area contributed by atoms with Gasteiger partial charge in [0.05, 0.1) is 40.3 Å². The van der Waals surface area contributed by atoms with Crippen LogP contribution in [0.15, 0.2) is 60.8 Å². The number of hydrogen-bond acceptors (Lipinski definition) is 8. The van der Waals surface area contributed by atoms with E-state index in [0.29, 0.717) is 23.9 Å². The molecular formula is C72H131NO8. The van der Waals surface area contributed by atoms with Crippen LogP contribution in [0.1, 0.15) is 322 Å². The smallest absolute Gasteiger partial charge is 0.306 e. The molecule has 0 aromatic rings. The number of likely N-dealkylation sites (N-methyl/N-ethyl adjacent to an activating group) is 1. The number of unbranched alkanes of at least 4 members (excludes halogenated alkanes) is 39. The monoisotopic (exact) mass is 1140 g/mol. The number of ether oxygens (including phenoxy) is 4. The maximum atomic E-state index is 12.9. The molecular weight excluding hydrogens is 1010 g/mol. The summed E-state index contributed by atoms with van der Waals surface area (Å²) in [5.74, 6) is -2.29. The summed E-state index contributed by atoms with van der Waals surface area (Å²) in [5.41, 5.74) is 0. The normalized spacial score (nSPS) is 13.0. The number of quaternary nitrogens is 1. The van der Waals surface area contributed by atoms with Crippen molar-refractivity contribution in [3.63, 3.8) is 0 Å². The molecule has 0 radical (unpaired) electrons. The highest BCUT2D eigenvalue weighted by molar-refractivity contribution is 5.70. The van der Waals surface area contributed by atoms with Gasteiger partial charge in [-0.2, -0.15) is 0 Å². The molecule has 0 rings (SSSR count). The largest absolute Gasteiger partial charge is 0.545 e. The van der Waals surface area contributed by atoms with Crippen molar-refractivity contribution in [2.24, 2.45) is 0 Å². The molecule has 0 aromatic heterocycles. The van der Waals surface area contributed by atoms with E-state index in [2.05, 4.69) is 74.6 Å². The Morgan fingerprint density at radius 1 is 0.370 bits per heavy atom. The van der Waals surface area contributed by atoms with Gasteiger partial charge in [-0.3, -0.25) is 9.59 Å². The minimum Gasteiger partial charge on any atom is -0.545 e. The van der Waals surface area contributed by atoms with E-state index in [1.165, 1.54) is 212 Å². The molecule has 9 heteroatoms. The van der Waals surface area contributed by atoms with E-state index < -0.39 is 24.3 Å². The van der Waals surface area contributed by atoms with Gasteiger partial charge in [-0.25, -0.2) is 0 Å². The number of esters is 2. The van der Waals surface area contributed by atoms with Crippen molar-refractivity contribution in [1.29, 1.82) is 0 Å². The number of aliphatic carboxylic acids is 1. The molecule has 0 fully saturated rings. The van der Waals surface area contributed by atoms with Gasteiger partial charge in [-0.1, -0.05) is 286 Å². The first-order chi connectivity index (χ1) is 39.6. The van der Waals surface area contributed by atoms with Gasteiger partial charge < -0.3 is 33.3 Å². The SMILES string of the molecule is CCCCCCC/C=C\C/C=C\C/C=C\CCCCCCCCC(=O)OC(COC(=O)CCCCCCCCCCCCCCCCCCCCCCCCC/C=C\C/C=C\CCCCCCC)COC(OCC[N+](C)(C)C)C(=O)[O-]. The lowest BCUT2D eigenvalue weighted by Gasteiger charge is -2.26. The average molecular weight is 1140 g/mol. The van der Waals surface area contributed by atoms with Gasteiger partial charge in [0.25, 0.3) is 0 Å². The first-order valence-electron chi connectivity index (χ1n) is 34.4. The summed E-state index contributed by atoms with van der Waals surface area (Å²) in [5, 5.41) is 11.8. The van der Waals surface area contributed by atoms with Crippen LogP contribution in [0.3, 0.4) is 0 Å². The first-order valence-corrected chi connectivity index (χ1v) is 34.4. The second kappa shape index (κ2) is 63.0.